The van der Waals surface area contributed by atoms with E-state index < -0.39 is 18.0 Å². The maximum atomic E-state index is 14.2. The van der Waals surface area contributed by atoms with Crippen molar-refractivity contribution in [3.8, 4) is 0 Å². The molecule has 2 heterocycles. The van der Waals surface area contributed by atoms with E-state index >= 15 is 0 Å². The molecule has 2 fully saturated rings. The molecule has 37 heavy (non-hydrogen) atoms. The molecule has 0 atom stereocenters. The van der Waals surface area contributed by atoms with E-state index in [1.54, 1.807) is 27.9 Å². The monoisotopic (exact) mass is 509 g/mol. The van der Waals surface area contributed by atoms with Crippen molar-refractivity contribution in [2.24, 2.45) is 7.05 Å². The lowest BCUT2D eigenvalue weighted by molar-refractivity contribution is 0.0995. The number of hydrogen-bond acceptors (Lipinski definition) is 4. The average molecular weight is 510 g/mol. The number of nitrogens with one attached hydrogen (secondary N) is 1. The molecule has 2 saturated carbocycles. The topological polar surface area (TPSA) is 63.1 Å². The summed E-state index contributed by atoms with van der Waals surface area (Å²) in [4.78, 5) is 15.1. The predicted octanol–water partition coefficient (Wildman–Crippen LogP) is 5.36. The van der Waals surface area contributed by atoms with Crippen LogP contribution in [-0.2, 0) is 25.6 Å². The molecule has 0 unspecified atom stereocenters. The molecule has 6 nitrogen and oxygen atoms in total. The number of amides is 1. The summed E-state index contributed by atoms with van der Waals surface area (Å²) in [6.07, 6.45) is 1.81. The van der Waals surface area contributed by atoms with Crippen molar-refractivity contribution in [2.75, 3.05) is 4.90 Å². The second-order valence-electron chi connectivity index (χ2n) is 11.1. The van der Waals surface area contributed by atoms with Crippen LogP contribution >= 0.6 is 0 Å². The lowest BCUT2D eigenvalue weighted by atomic mass is 9.62. The van der Waals surface area contributed by atoms with E-state index in [1.807, 2.05) is 25.2 Å². The molecule has 0 radical (unpaired) electrons. The molecule has 1 aromatic heterocycles. The Morgan fingerprint density at radius 2 is 1.97 bits per heavy atom. The Morgan fingerprint density at radius 1 is 1.19 bits per heavy atom. The van der Waals surface area contributed by atoms with Gasteiger partial charge in [-0.1, -0.05) is 12.1 Å². The standard InChI is InChI=1S/C28H30F3N5O/c1-27(7-4-8-27)32-14-17-9-21(24(30)31)23-15-36(25(37)22(23)10-17)20-6-3-5-18(11-20)28(12-19(29)13-28)26-34-33-16-35(26)2/h3,5-6,9-11,16,19,24,32H,4,7-8,12-15H2,1-2H3. The summed E-state index contributed by atoms with van der Waals surface area (Å²) in [6, 6.07) is 10.7. The van der Waals surface area contributed by atoms with Gasteiger partial charge in [-0.05, 0) is 80.0 Å². The first-order valence-electron chi connectivity index (χ1n) is 12.8. The molecular weight excluding hydrogens is 479 g/mol. The fourth-order valence-electron chi connectivity index (χ4n) is 6.14. The highest BCUT2D eigenvalue weighted by Crippen LogP contribution is 2.50. The Bertz CT molecular complexity index is 1360. The molecule has 194 valence electrons. The van der Waals surface area contributed by atoms with Gasteiger partial charge in [-0.2, -0.15) is 0 Å². The molecule has 0 bridgehead atoms. The molecule has 0 spiro atoms. The molecule has 2 aliphatic carbocycles. The summed E-state index contributed by atoms with van der Waals surface area (Å²) in [5.74, 6) is 0.377. The van der Waals surface area contributed by atoms with Crippen LogP contribution in [0.2, 0.25) is 0 Å². The van der Waals surface area contributed by atoms with E-state index in [0.29, 0.717) is 34.7 Å². The average Bonchev–Trinajstić information content (AvgIpc) is 3.42. The van der Waals surface area contributed by atoms with Gasteiger partial charge in [0, 0.05) is 35.9 Å². The fraction of sp³-hybridized carbons (Fsp3) is 0.464. The minimum atomic E-state index is -2.68. The maximum Gasteiger partial charge on any atom is 0.264 e. The van der Waals surface area contributed by atoms with E-state index in [4.69, 9.17) is 0 Å². The quantitative estimate of drug-likeness (QED) is 0.466. The number of anilines is 1. The molecule has 3 aliphatic rings. The van der Waals surface area contributed by atoms with E-state index in [0.717, 1.165) is 24.8 Å². The lowest BCUT2D eigenvalue weighted by Gasteiger charge is -2.43. The third-order valence-electron chi connectivity index (χ3n) is 8.54. The molecule has 1 N–H and O–H groups in total. The second kappa shape index (κ2) is 8.68. The zero-order valence-electron chi connectivity index (χ0n) is 21.0. The predicted molar refractivity (Wildman–Crippen MR) is 133 cm³/mol. The molecule has 6 rings (SSSR count). The lowest BCUT2D eigenvalue weighted by Crippen LogP contribution is -2.47. The zero-order chi connectivity index (χ0) is 25.9. The normalized spacial score (nSPS) is 24.2. The smallest absolute Gasteiger partial charge is 0.264 e. The van der Waals surface area contributed by atoms with Crippen molar-refractivity contribution in [1.29, 1.82) is 0 Å². The van der Waals surface area contributed by atoms with Crippen molar-refractivity contribution >= 4 is 11.6 Å². The maximum absolute atomic E-state index is 14.2. The van der Waals surface area contributed by atoms with Crippen molar-refractivity contribution in [2.45, 2.75) is 75.7 Å². The van der Waals surface area contributed by atoms with Crippen LogP contribution in [0.1, 0.15) is 83.9 Å². The summed E-state index contributed by atoms with van der Waals surface area (Å²) in [5, 5.41) is 11.7. The first-order valence-corrected chi connectivity index (χ1v) is 12.8. The molecule has 0 saturated heterocycles. The molecule has 3 aromatic rings. The molecular formula is C28H30F3N5O. The summed E-state index contributed by atoms with van der Waals surface area (Å²) in [6.45, 7) is 2.65. The van der Waals surface area contributed by atoms with Crippen molar-refractivity contribution < 1.29 is 18.0 Å². The third-order valence-corrected chi connectivity index (χ3v) is 8.54. The largest absolute Gasteiger partial charge is 0.320 e. The highest BCUT2D eigenvalue weighted by Gasteiger charge is 2.50. The van der Waals surface area contributed by atoms with Crippen LogP contribution in [0.3, 0.4) is 0 Å². The Balaban J connectivity index is 1.32. The number of hydrogen-bond donors (Lipinski definition) is 1. The highest BCUT2D eigenvalue weighted by atomic mass is 19.3. The Kier molecular flexibility index (Phi) is 5.67. The second-order valence-corrected chi connectivity index (χ2v) is 11.1. The molecule has 2 aromatic carbocycles. The summed E-state index contributed by atoms with van der Waals surface area (Å²) in [7, 11) is 1.83. The number of aromatic nitrogens is 3. The van der Waals surface area contributed by atoms with Gasteiger partial charge in [-0.15, -0.1) is 10.2 Å². The van der Waals surface area contributed by atoms with Crippen LogP contribution in [0.5, 0.6) is 0 Å². The van der Waals surface area contributed by atoms with Gasteiger partial charge in [0.2, 0.25) is 0 Å². The van der Waals surface area contributed by atoms with Crippen molar-refractivity contribution in [3.63, 3.8) is 0 Å². The van der Waals surface area contributed by atoms with Gasteiger partial charge < -0.3 is 14.8 Å². The number of carbonyl (C=O) groups is 1. The number of fused-ring (bicyclic) bond motifs is 1. The van der Waals surface area contributed by atoms with E-state index in [-0.39, 0.29) is 36.4 Å². The number of halogens is 3. The van der Waals surface area contributed by atoms with Crippen LogP contribution in [0.4, 0.5) is 18.9 Å². The van der Waals surface area contributed by atoms with Gasteiger partial charge >= 0.3 is 0 Å². The minimum absolute atomic E-state index is 0.0271. The van der Waals surface area contributed by atoms with E-state index in [9.17, 15) is 18.0 Å². The Labute approximate surface area is 213 Å². The number of nitrogens with zero attached hydrogens (tertiary/aromatic N) is 4. The Hall–Kier alpha value is -3.20. The molecule has 1 amide bonds. The van der Waals surface area contributed by atoms with Crippen LogP contribution in [0, 0.1) is 0 Å². The van der Waals surface area contributed by atoms with Crippen molar-refractivity contribution in [1.82, 2.24) is 20.1 Å². The SMILES string of the molecule is Cn1cnnc1C1(c2cccc(N3Cc4c(cc(CNC5(C)CCC5)cc4C(F)F)C3=O)c2)CC(F)C1. The molecule has 1 aliphatic heterocycles. The number of benzene rings is 2. The number of aryl methyl sites for hydroxylation is 1. The van der Waals surface area contributed by atoms with Crippen molar-refractivity contribution in [3.05, 3.63) is 76.4 Å². The highest BCUT2D eigenvalue weighted by molar-refractivity contribution is 6.10. The van der Waals surface area contributed by atoms with Gasteiger partial charge in [0.1, 0.15) is 18.3 Å². The first-order chi connectivity index (χ1) is 17.7. The van der Waals surface area contributed by atoms with Gasteiger partial charge in [0.15, 0.2) is 0 Å². The number of carbonyl (C=O) groups excluding carboxylic acids is 1. The summed E-state index contributed by atoms with van der Waals surface area (Å²) in [5.41, 5.74) is 2.13. The van der Waals surface area contributed by atoms with Gasteiger partial charge in [-0.3, -0.25) is 4.79 Å². The van der Waals surface area contributed by atoms with Gasteiger partial charge in [0.05, 0.1) is 12.0 Å². The van der Waals surface area contributed by atoms with Gasteiger partial charge in [-0.25, -0.2) is 13.2 Å². The summed E-state index contributed by atoms with van der Waals surface area (Å²) < 4.78 is 44.2. The Morgan fingerprint density at radius 3 is 2.59 bits per heavy atom. The van der Waals surface area contributed by atoms with Crippen LogP contribution in [0.25, 0.3) is 0 Å². The van der Waals surface area contributed by atoms with Crippen LogP contribution in [-0.4, -0.2) is 32.4 Å². The minimum Gasteiger partial charge on any atom is -0.320 e. The number of rotatable bonds is 7. The third kappa shape index (κ3) is 3.95. The van der Waals surface area contributed by atoms with Gasteiger partial charge in [0.25, 0.3) is 12.3 Å². The fourth-order valence-corrected chi connectivity index (χ4v) is 6.14. The molecule has 9 heteroatoms. The van der Waals surface area contributed by atoms with Crippen LogP contribution < -0.4 is 10.2 Å². The summed E-state index contributed by atoms with van der Waals surface area (Å²) >= 11 is 0. The van der Waals surface area contributed by atoms with E-state index in [2.05, 4.69) is 22.4 Å². The number of alkyl halides is 3. The van der Waals surface area contributed by atoms with E-state index in [1.165, 1.54) is 6.07 Å². The van der Waals surface area contributed by atoms with Crippen LogP contribution in [0.15, 0.2) is 42.7 Å². The first kappa shape index (κ1) is 24.2. The zero-order valence-corrected chi connectivity index (χ0v) is 21.0.